The summed E-state index contributed by atoms with van der Waals surface area (Å²) in [7, 11) is 1.62. The molecule has 1 N–H and O–H groups in total. The molecule has 31 heavy (non-hydrogen) atoms. The van der Waals surface area contributed by atoms with Gasteiger partial charge < -0.3 is 9.47 Å². The molecule has 1 aliphatic heterocycles. The van der Waals surface area contributed by atoms with Gasteiger partial charge in [-0.2, -0.15) is 0 Å². The largest absolute Gasteiger partial charge is 0.496 e. The monoisotopic (exact) mass is 446 g/mol. The predicted molar refractivity (Wildman–Crippen MR) is 119 cm³/mol. The first kappa shape index (κ1) is 21.5. The van der Waals surface area contributed by atoms with Crippen LogP contribution in [0.5, 0.6) is 5.75 Å². The Labute approximate surface area is 184 Å². The van der Waals surface area contributed by atoms with Gasteiger partial charge in [0.25, 0.3) is 5.56 Å². The van der Waals surface area contributed by atoms with Crippen LogP contribution in [0.3, 0.4) is 0 Å². The fraction of sp³-hybridized carbons (Fsp3) is 0.364. The number of nitrogens with one attached hydrogen (secondary N) is 1. The van der Waals surface area contributed by atoms with E-state index in [2.05, 4.69) is 15.3 Å². The maximum atomic E-state index is 13.4. The summed E-state index contributed by atoms with van der Waals surface area (Å²) in [5.74, 6) is 0.197. The Bertz CT molecular complexity index is 1130. The predicted octanol–water partition coefficient (Wildman–Crippen LogP) is 3.34. The number of morpholine rings is 1. The number of anilines is 1. The number of ether oxygens (including phenoxy) is 2. The van der Waals surface area contributed by atoms with Crippen LogP contribution in [-0.4, -0.2) is 54.5 Å². The number of aryl methyl sites for hydroxylation is 1. The molecule has 0 unspecified atom stereocenters. The SMILES string of the molecule is COc1cc2ncn(Nc3ccc(F)c(Cl)c3)c(=O)c2cc1CCCN1CCOCC1. The summed E-state index contributed by atoms with van der Waals surface area (Å²) in [6.07, 6.45) is 3.12. The Balaban J connectivity index is 1.57. The third kappa shape index (κ3) is 4.98. The number of nitrogens with zero attached hydrogens (tertiary/aromatic N) is 3. The van der Waals surface area contributed by atoms with Crippen molar-refractivity contribution in [3.05, 3.63) is 63.4 Å². The second kappa shape index (κ2) is 9.64. The average molecular weight is 447 g/mol. The summed E-state index contributed by atoms with van der Waals surface area (Å²) in [5, 5.41) is 0.449. The molecule has 3 aromatic rings. The van der Waals surface area contributed by atoms with Crippen LogP contribution < -0.4 is 15.7 Å². The molecule has 0 bridgehead atoms. The van der Waals surface area contributed by atoms with Crippen LogP contribution >= 0.6 is 11.6 Å². The minimum Gasteiger partial charge on any atom is -0.496 e. The lowest BCUT2D eigenvalue weighted by molar-refractivity contribution is 0.0374. The van der Waals surface area contributed by atoms with Crippen molar-refractivity contribution in [2.45, 2.75) is 12.8 Å². The topological polar surface area (TPSA) is 68.6 Å². The molecule has 0 atom stereocenters. The highest BCUT2D eigenvalue weighted by Crippen LogP contribution is 2.25. The number of hydrogen-bond acceptors (Lipinski definition) is 6. The van der Waals surface area contributed by atoms with Crippen molar-refractivity contribution < 1.29 is 13.9 Å². The number of aromatic nitrogens is 2. The van der Waals surface area contributed by atoms with E-state index < -0.39 is 5.82 Å². The summed E-state index contributed by atoms with van der Waals surface area (Å²) >= 11 is 5.83. The molecule has 0 aliphatic carbocycles. The summed E-state index contributed by atoms with van der Waals surface area (Å²) in [6, 6.07) is 7.79. The summed E-state index contributed by atoms with van der Waals surface area (Å²) in [6.45, 7) is 4.41. The van der Waals surface area contributed by atoms with Crippen LogP contribution in [0.1, 0.15) is 12.0 Å². The van der Waals surface area contributed by atoms with Gasteiger partial charge in [0, 0.05) is 19.2 Å². The molecule has 1 fully saturated rings. The van der Waals surface area contributed by atoms with E-state index in [4.69, 9.17) is 21.1 Å². The first-order valence-electron chi connectivity index (χ1n) is 10.2. The lowest BCUT2D eigenvalue weighted by Crippen LogP contribution is -2.36. The molecule has 4 rings (SSSR count). The zero-order chi connectivity index (χ0) is 21.8. The summed E-state index contributed by atoms with van der Waals surface area (Å²) in [4.78, 5) is 19.8. The highest BCUT2D eigenvalue weighted by atomic mass is 35.5. The van der Waals surface area contributed by atoms with Crippen molar-refractivity contribution in [3.63, 3.8) is 0 Å². The van der Waals surface area contributed by atoms with Gasteiger partial charge in [0.15, 0.2) is 0 Å². The molecule has 2 heterocycles. The highest BCUT2D eigenvalue weighted by molar-refractivity contribution is 6.31. The second-order valence-corrected chi connectivity index (χ2v) is 7.81. The number of hydrogen-bond donors (Lipinski definition) is 1. The normalized spacial score (nSPS) is 14.7. The van der Waals surface area contributed by atoms with Gasteiger partial charge in [0.05, 0.1) is 41.9 Å². The van der Waals surface area contributed by atoms with E-state index in [0.717, 1.165) is 57.0 Å². The molecule has 2 aromatic carbocycles. The van der Waals surface area contributed by atoms with Gasteiger partial charge in [-0.15, -0.1) is 0 Å². The Kier molecular flexibility index (Phi) is 6.70. The molecular weight excluding hydrogens is 423 g/mol. The molecule has 0 radical (unpaired) electrons. The molecule has 0 spiro atoms. The molecule has 7 nitrogen and oxygen atoms in total. The smallest absolute Gasteiger partial charge is 0.280 e. The minimum atomic E-state index is -0.523. The van der Waals surface area contributed by atoms with Gasteiger partial charge >= 0.3 is 0 Å². The van der Waals surface area contributed by atoms with Crippen molar-refractivity contribution in [2.75, 3.05) is 45.4 Å². The quantitative estimate of drug-likeness (QED) is 0.600. The minimum absolute atomic E-state index is 0.0286. The lowest BCUT2D eigenvalue weighted by atomic mass is 10.1. The van der Waals surface area contributed by atoms with Crippen LogP contribution in [0.25, 0.3) is 10.9 Å². The van der Waals surface area contributed by atoms with E-state index in [1.807, 2.05) is 6.07 Å². The van der Waals surface area contributed by atoms with E-state index in [-0.39, 0.29) is 10.6 Å². The Morgan fingerprint density at radius 1 is 1.26 bits per heavy atom. The van der Waals surface area contributed by atoms with Crippen LogP contribution in [0.4, 0.5) is 10.1 Å². The number of halogens is 2. The maximum absolute atomic E-state index is 13.4. The molecule has 1 aliphatic rings. The summed E-state index contributed by atoms with van der Waals surface area (Å²) < 4.78 is 25.6. The summed E-state index contributed by atoms with van der Waals surface area (Å²) in [5.41, 5.74) is 4.64. The molecule has 164 valence electrons. The van der Waals surface area contributed by atoms with E-state index >= 15 is 0 Å². The van der Waals surface area contributed by atoms with Crippen molar-refractivity contribution in [3.8, 4) is 5.75 Å². The van der Waals surface area contributed by atoms with Gasteiger partial charge in [0.2, 0.25) is 0 Å². The number of benzene rings is 2. The van der Waals surface area contributed by atoms with Gasteiger partial charge in [0.1, 0.15) is 17.9 Å². The fourth-order valence-electron chi connectivity index (χ4n) is 3.68. The third-order valence-corrected chi connectivity index (χ3v) is 5.64. The van der Waals surface area contributed by atoms with Gasteiger partial charge in [-0.05, 0) is 49.2 Å². The number of fused-ring (bicyclic) bond motifs is 1. The first-order chi connectivity index (χ1) is 15.0. The lowest BCUT2D eigenvalue weighted by Gasteiger charge is -2.26. The fourth-order valence-corrected chi connectivity index (χ4v) is 3.86. The standard InChI is InChI=1S/C22H24ClFN4O3/c1-30-21-13-20-17(11-15(21)3-2-6-27-7-9-31-10-8-27)22(29)28(14-25-20)26-16-4-5-19(24)18(23)12-16/h4-5,11-14,26H,2-3,6-10H2,1H3. The number of methoxy groups -OCH3 is 1. The Hall–Kier alpha value is -2.68. The Morgan fingerprint density at radius 2 is 2.06 bits per heavy atom. The van der Waals surface area contributed by atoms with Crippen molar-refractivity contribution >= 4 is 28.2 Å². The van der Waals surface area contributed by atoms with E-state index in [9.17, 15) is 9.18 Å². The van der Waals surface area contributed by atoms with Gasteiger partial charge in [-0.1, -0.05) is 11.6 Å². The van der Waals surface area contributed by atoms with Crippen LogP contribution in [0.2, 0.25) is 5.02 Å². The number of rotatable bonds is 7. The zero-order valence-corrected chi connectivity index (χ0v) is 18.0. The zero-order valence-electron chi connectivity index (χ0n) is 17.2. The van der Waals surface area contributed by atoms with Crippen LogP contribution in [0.15, 0.2) is 41.5 Å². The average Bonchev–Trinajstić information content (AvgIpc) is 2.79. The molecule has 0 saturated carbocycles. The molecule has 1 aromatic heterocycles. The third-order valence-electron chi connectivity index (χ3n) is 5.35. The van der Waals surface area contributed by atoms with Crippen molar-refractivity contribution in [2.24, 2.45) is 0 Å². The van der Waals surface area contributed by atoms with Crippen LogP contribution in [0, 0.1) is 5.82 Å². The van der Waals surface area contributed by atoms with E-state index in [1.54, 1.807) is 13.2 Å². The maximum Gasteiger partial charge on any atom is 0.280 e. The molecule has 9 heteroatoms. The van der Waals surface area contributed by atoms with Crippen molar-refractivity contribution in [1.82, 2.24) is 14.6 Å². The first-order valence-corrected chi connectivity index (χ1v) is 10.5. The van der Waals surface area contributed by atoms with Crippen LogP contribution in [-0.2, 0) is 11.2 Å². The highest BCUT2D eigenvalue weighted by Gasteiger charge is 2.13. The molecular formula is C22H24ClFN4O3. The van der Waals surface area contributed by atoms with E-state index in [1.165, 1.54) is 29.2 Å². The van der Waals surface area contributed by atoms with Crippen molar-refractivity contribution in [1.29, 1.82) is 0 Å². The van der Waals surface area contributed by atoms with Gasteiger partial charge in [-0.3, -0.25) is 15.1 Å². The van der Waals surface area contributed by atoms with Gasteiger partial charge in [-0.25, -0.2) is 14.1 Å². The second-order valence-electron chi connectivity index (χ2n) is 7.40. The molecule has 1 saturated heterocycles. The molecule has 0 amide bonds. The van der Waals surface area contributed by atoms with E-state index in [0.29, 0.717) is 16.6 Å². The Morgan fingerprint density at radius 3 is 2.81 bits per heavy atom.